The minimum atomic E-state index is -0.664. The zero-order valence-electron chi connectivity index (χ0n) is 22.4. The largest absolute Gasteiger partial charge is 0.377 e. The lowest BCUT2D eigenvalue weighted by atomic mass is 10.1. The van der Waals surface area contributed by atoms with Crippen molar-refractivity contribution in [1.82, 2.24) is 14.5 Å². The number of imidazole rings is 1. The summed E-state index contributed by atoms with van der Waals surface area (Å²) in [4.78, 5) is 13.8. The van der Waals surface area contributed by atoms with Crippen molar-refractivity contribution >= 4 is 22.5 Å². The lowest BCUT2D eigenvalue weighted by molar-refractivity contribution is 0.0787. The van der Waals surface area contributed by atoms with Gasteiger partial charge in [-0.1, -0.05) is 0 Å². The van der Waals surface area contributed by atoms with Crippen LogP contribution in [0.15, 0.2) is 48.7 Å². The van der Waals surface area contributed by atoms with Crippen LogP contribution in [0.1, 0.15) is 31.7 Å². The van der Waals surface area contributed by atoms with Crippen LogP contribution in [0.25, 0.3) is 28.2 Å². The predicted octanol–water partition coefficient (Wildman–Crippen LogP) is 4.78. The molecule has 6 rings (SSSR count). The van der Waals surface area contributed by atoms with Crippen molar-refractivity contribution in [2.45, 2.75) is 38.3 Å². The maximum atomic E-state index is 16.0. The first-order valence-electron chi connectivity index (χ1n) is 13.7. The summed E-state index contributed by atoms with van der Waals surface area (Å²) < 4.78 is 38.1. The number of ether oxygens (including phenoxy) is 1. The van der Waals surface area contributed by atoms with E-state index < -0.39 is 11.6 Å². The molecule has 0 aliphatic carbocycles. The van der Waals surface area contributed by atoms with Gasteiger partial charge in [0.2, 0.25) is 0 Å². The summed E-state index contributed by atoms with van der Waals surface area (Å²) >= 11 is 0. The van der Waals surface area contributed by atoms with Crippen LogP contribution < -0.4 is 15.5 Å². The van der Waals surface area contributed by atoms with Crippen LogP contribution in [0.5, 0.6) is 0 Å². The van der Waals surface area contributed by atoms with Crippen LogP contribution in [-0.4, -0.2) is 59.5 Å². The third-order valence-electron chi connectivity index (χ3n) is 7.76. The van der Waals surface area contributed by atoms with E-state index in [4.69, 9.17) is 15.5 Å². The second-order valence-corrected chi connectivity index (χ2v) is 10.4. The highest BCUT2D eigenvalue weighted by molar-refractivity contribution is 5.90. The molecular weight excluding hydrogens is 512 g/mol. The first-order valence-corrected chi connectivity index (χ1v) is 13.7. The molecule has 0 amide bonds. The number of piperidine rings is 1. The zero-order valence-corrected chi connectivity index (χ0v) is 22.4. The van der Waals surface area contributed by atoms with Crippen LogP contribution in [0.4, 0.5) is 20.2 Å². The van der Waals surface area contributed by atoms with Gasteiger partial charge in [-0.15, -0.1) is 0 Å². The summed E-state index contributed by atoms with van der Waals surface area (Å²) in [6.45, 7) is 5.62. The smallest absolute Gasteiger partial charge is 0.167 e. The van der Waals surface area contributed by atoms with Gasteiger partial charge in [0, 0.05) is 56.3 Å². The number of nitrogens with zero attached hydrogens (tertiary/aromatic N) is 6. The van der Waals surface area contributed by atoms with E-state index in [-0.39, 0.29) is 23.4 Å². The molecule has 2 aromatic carbocycles. The molecule has 4 heterocycles. The van der Waals surface area contributed by atoms with Gasteiger partial charge in [-0.3, -0.25) is 4.57 Å². The van der Waals surface area contributed by atoms with Gasteiger partial charge in [0.15, 0.2) is 5.65 Å². The molecule has 2 saturated heterocycles. The molecule has 2 atom stereocenters. The minimum Gasteiger partial charge on any atom is -0.377 e. The minimum absolute atomic E-state index is 0.0454. The van der Waals surface area contributed by atoms with E-state index in [1.807, 2.05) is 25.1 Å². The second-order valence-electron chi connectivity index (χ2n) is 10.4. The lowest BCUT2D eigenvalue weighted by Gasteiger charge is -2.32. The molecule has 0 bridgehead atoms. The number of pyridine rings is 1. The fourth-order valence-electron chi connectivity index (χ4n) is 5.82. The Balaban J connectivity index is 1.49. The third-order valence-corrected chi connectivity index (χ3v) is 7.76. The highest BCUT2D eigenvalue weighted by atomic mass is 19.1. The van der Waals surface area contributed by atoms with E-state index in [0.29, 0.717) is 42.2 Å². The number of nitrogens with two attached hydrogens (primary N) is 1. The molecule has 2 aromatic heterocycles. The van der Waals surface area contributed by atoms with E-state index in [9.17, 15) is 9.65 Å². The third kappa shape index (κ3) is 4.76. The molecule has 206 valence electrons. The number of nitriles is 1. The Bertz CT molecular complexity index is 1600. The number of rotatable bonds is 6. The van der Waals surface area contributed by atoms with E-state index >= 15 is 4.39 Å². The number of fused-ring (bicyclic) bond motifs is 1. The number of hydrogen-bond donors (Lipinski definition) is 1. The summed E-state index contributed by atoms with van der Waals surface area (Å²) in [5, 5.41) is 9.23. The quantitative estimate of drug-likeness (QED) is 0.374. The van der Waals surface area contributed by atoms with Crippen LogP contribution in [-0.2, 0) is 4.74 Å². The van der Waals surface area contributed by atoms with Gasteiger partial charge >= 0.3 is 0 Å². The molecule has 10 heteroatoms. The molecule has 0 spiro atoms. The molecule has 4 aromatic rings. The lowest BCUT2D eigenvalue weighted by Crippen LogP contribution is -2.42. The average Bonchev–Trinajstić information content (AvgIpc) is 3.58. The molecule has 2 aliphatic rings. The maximum absolute atomic E-state index is 16.0. The predicted molar refractivity (Wildman–Crippen MR) is 151 cm³/mol. The van der Waals surface area contributed by atoms with E-state index in [1.165, 1.54) is 18.2 Å². The van der Waals surface area contributed by atoms with Crippen molar-refractivity contribution < 1.29 is 13.5 Å². The van der Waals surface area contributed by atoms with Crippen LogP contribution >= 0.6 is 0 Å². The summed E-state index contributed by atoms with van der Waals surface area (Å²) in [5.41, 5.74) is 9.53. The number of anilines is 2. The van der Waals surface area contributed by atoms with Crippen LogP contribution in [0.2, 0.25) is 0 Å². The standard InChI is InChI=1S/C30H31F2N7O/c1-2-40-23-10-13-37(18-23)22-7-8-26(25(32)15-22)39-29(19-5-6-20(16-33)24(31)14-19)36-28-27(9-11-35-30(28)39)38-12-3-4-21(34)17-38/h5-9,11,14-15,21,23H,2-4,10,12-13,17-18,34H2,1H3. The van der Waals surface area contributed by atoms with E-state index in [0.717, 1.165) is 43.7 Å². The number of aromatic nitrogens is 3. The normalized spacial score (nSPS) is 19.4. The Hall–Kier alpha value is -4.07. The summed E-state index contributed by atoms with van der Waals surface area (Å²) in [6, 6.07) is 13.2. The van der Waals surface area contributed by atoms with Crippen molar-refractivity contribution in [3.05, 3.63) is 65.9 Å². The summed E-state index contributed by atoms with van der Waals surface area (Å²) in [7, 11) is 0. The molecule has 0 radical (unpaired) electrons. The van der Waals surface area contributed by atoms with Gasteiger partial charge < -0.3 is 20.3 Å². The maximum Gasteiger partial charge on any atom is 0.167 e. The number of halogens is 2. The van der Waals surface area contributed by atoms with Gasteiger partial charge in [-0.05, 0) is 68.7 Å². The Morgan fingerprint density at radius 2 is 1.90 bits per heavy atom. The Labute approximate surface area is 231 Å². The highest BCUT2D eigenvalue weighted by Gasteiger charge is 2.27. The molecule has 2 fully saturated rings. The molecule has 8 nitrogen and oxygen atoms in total. The fourth-order valence-corrected chi connectivity index (χ4v) is 5.82. The fraction of sp³-hybridized carbons (Fsp3) is 0.367. The van der Waals surface area contributed by atoms with Crippen molar-refractivity contribution in [1.29, 1.82) is 5.26 Å². The van der Waals surface area contributed by atoms with Gasteiger partial charge in [0.25, 0.3) is 0 Å². The molecule has 0 saturated carbocycles. The van der Waals surface area contributed by atoms with Gasteiger partial charge in [0.05, 0.1) is 23.0 Å². The Kier molecular flexibility index (Phi) is 7.09. The molecular formula is C30H31F2N7O. The average molecular weight is 544 g/mol. The molecule has 2 unspecified atom stereocenters. The summed E-state index contributed by atoms with van der Waals surface area (Å²) in [6.07, 6.45) is 4.62. The van der Waals surface area contributed by atoms with E-state index in [1.54, 1.807) is 22.9 Å². The van der Waals surface area contributed by atoms with Gasteiger partial charge in [-0.2, -0.15) is 5.26 Å². The Morgan fingerprint density at radius 1 is 1.02 bits per heavy atom. The second kappa shape index (κ2) is 10.8. The molecule has 40 heavy (non-hydrogen) atoms. The zero-order chi connectivity index (χ0) is 27.8. The van der Waals surface area contributed by atoms with Crippen molar-refractivity contribution in [2.24, 2.45) is 5.73 Å². The van der Waals surface area contributed by atoms with E-state index in [2.05, 4.69) is 14.8 Å². The monoisotopic (exact) mass is 543 g/mol. The van der Waals surface area contributed by atoms with Crippen LogP contribution in [0, 0.1) is 23.0 Å². The topological polar surface area (TPSA) is 96.2 Å². The summed E-state index contributed by atoms with van der Waals surface area (Å²) in [5.74, 6) is -0.773. The van der Waals surface area contributed by atoms with Crippen molar-refractivity contribution in [3.8, 4) is 23.1 Å². The van der Waals surface area contributed by atoms with Crippen molar-refractivity contribution in [2.75, 3.05) is 42.6 Å². The number of hydrogen-bond acceptors (Lipinski definition) is 7. The first kappa shape index (κ1) is 26.2. The van der Waals surface area contributed by atoms with Gasteiger partial charge in [0.1, 0.15) is 29.0 Å². The number of benzene rings is 2. The molecule has 2 aliphatic heterocycles. The highest BCUT2D eigenvalue weighted by Crippen LogP contribution is 2.35. The first-order chi connectivity index (χ1) is 19.5. The SMILES string of the molecule is CCOC1CCN(c2ccc(-n3c(-c4ccc(C#N)c(F)c4)nc4c(N5CCCC(N)C5)ccnc43)c(F)c2)C1. The van der Waals surface area contributed by atoms with Gasteiger partial charge in [-0.25, -0.2) is 18.7 Å². The molecule has 2 N–H and O–H groups in total. The van der Waals surface area contributed by atoms with Crippen LogP contribution in [0.3, 0.4) is 0 Å². The Morgan fingerprint density at radius 3 is 2.65 bits per heavy atom. The van der Waals surface area contributed by atoms with Crippen molar-refractivity contribution in [3.63, 3.8) is 0 Å².